The molecule has 0 aliphatic rings. The quantitative estimate of drug-likeness (QED) is 0.0907. The van der Waals surface area contributed by atoms with Crippen LogP contribution in [0.2, 0.25) is 0 Å². The van der Waals surface area contributed by atoms with E-state index < -0.39 is 0 Å². The second kappa shape index (κ2) is 26.2. The number of hydrogen-bond acceptors (Lipinski definition) is 4. The van der Waals surface area contributed by atoms with Crippen LogP contribution >= 0.6 is 0 Å². The standard InChI is InChI=1S/C88H68N2O2/c1-88(2,3)73-57-75(89(74-43-25-42-72(56-74)65-32-15-6-16-33-65)86-82(68-34-17-7-18-35-68)44-26-45-83(86)69-36-19-8-20-37-69)59-76(58-73)90(87-84(70-38-21-9-22-39-70)46-27-47-85(87)71-40-23-10-24-41-71)77-60-80(91-78-52-48-66(49-53-78)63-28-11-4-12-29-63)62-81(61-77)92-79-54-50-67(51-55-79)64-30-13-5-14-31-64/h4-62H,1-3H3. The van der Waals surface area contributed by atoms with Gasteiger partial charge in [-0.1, -0.05) is 306 Å². The number of benzene rings is 14. The van der Waals surface area contributed by atoms with Gasteiger partial charge in [-0.3, -0.25) is 0 Å². The maximum absolute atomic E-state index is 7.12. The minimum absolute atomic E-state index is 0.354. The first-order valence-electron chi connectivity index (χ1n) is 31.4. The van der Waals surface area contributed by atoms with E-state index in [0.717, 1.165) is 118 Å². The summed E-state index contributed by atoms with van der Waals surface area (Å²) < 4.78 is 14.2. The third-order valence-electron chi connectivity index (χ3n) is 16.9. The Morgan fingerprint density at radius 1 is 0.207 bits per heavy atom. The van der Waals surface area contributed by atoms with Crippen molar-refractivity contribution in [2.24, 2.45) is 0 Å². The van der Waals surface area contributed by atoms with Crippen molar-refractivity contribution in [3.05, 3.63) is 363 Å². The summed E-state index contributed by atoms with van der Waals surface area (Å²) in [7, 11) is 0. The van der Waals surface area contributed by atoms with Crippen LogP contribution in [-0.4, -0.2) is 0 Å². The number of hydrogen-bond donors (Lipinski definition) is 0. The maximum Gasteiger partial charge on any atom is 0.133 e. The van der Waals surface area contributed by atoms with E-state index in [0.29, 0.717) is 23.0 Å². The summed E-state index contributed by atoms with van der Waals surface area (Å²) in [6.07, 6.45) is 0. The van der Waals surface area contributed by atoms with Gasteiger partial charge in [-0.25, -0.2) is 0 Å². The molecule has 14 aromatic rings. The predicted octanol–water partition coefficient (Wildman–Crippen LogP) is 25.2. The van der Waals surface area contributed by atoms with Gasteiger partial charge in [0, 0.05) is 57.5 Å². The molecule has 0 saturated carbocycles. The summed E-state index contributed by atoms with van der Waals surface area (Å²) in [6, 6.07) is 127. The van der Waals surface area contributed by atoms with Gasteiger partial charge in [0.2, 0.25) is 0 Å². The minimum atomic E-state index is -0.354. The molecule has 0 heterocycles. The normalized spacial score (nSPS) is 11.2. The van der Waals surface area contributed by atoms with E-state index in [1.54, 1.807) is 0 Å². The van der Waals surface area contributed by atoms with E-state index in [4.69, 9.17) is 9.47 Å². The molecule has 442 valence electrons. The molecule has 14 aromatic carbocycles. The highest BCUT2D eigenvalue weighted by molar-refractivity contribution is 6.01. The Kier molecular flexibility index (Phi) is 16.5. The fraction of sp³-hybridized carbons (Fsp3) is 0.0455. The SMILES string of the molecule is CC(C)(C)c1cc(N(c2cc(Oc3ccc(-c4ccccc4)cc3)cc(Oc3ccc(-c4ccccc4)cc3)c2)c2c(-c3ccccc3)cccc2-c2ccccc2)cc(N(c2cccc(-c3ccccc3)c2)c2c(-c3ccccc3)cccc2-c2ccccc2)c1. The molecule has 4 nitrogen and oxygen atoms in total. The zero-order chi connectivity index (χ0) is 62.2. The first kappa shape index (κ1) is 58.0. The van der Waals surface area contributed by atoms with Crippen molar-refractivity contribution in [1.82, 2.24) is 0 Å². The average molecular weight is 1190 g/mol. The van der Waals surface area contributed by atoms with Gasteiger partial charge in [0.1, 0.15) is 23.0 Å². The Hall–Kier alpha value is -11.7. The summed E-state index contributed by atoms with van der Waals surface area (Å²) in [5.74, 6) is 2.59. The zero-order valence-corrected chi connectivity index (χ0v) is 51.8. The molecule has 14 rings (SSSR count). The summed E-state index contributed by atoms with van der Waals surface area (Å²) >= 11 is 0. The van der Waals surface area contributed by atoms with E-state index in [9.17, 15) is 0 Å². The highest BCUT2D eigenvalue weighted by Gasteiger charge is 2.29. The highest BCUT2D eigenvalue weighted by Crippen LogP contribution is 2.53. The lowest BCUT2D eigenvalue weighted by Gasteiger charge is -2.35. The van der Waals surface area contributed by atoms with Crippen molar-refractivity contribution in [2.75, 3.05) is 9.80 Å². The lowest BCUT2D eigenvalue weighted by atomic mass is 9.85. The van der Waals surface area contributed by atoms with Gasteiger partial charge >= 0.3 is 0 Å². The molecule has 0 saturated heterocycles. The Bertz CT molecular complexity index is 4570. The van der Waals surface area contributed by atoms with Crippen LogP contribution in [-0.2, 0) is 5.41 Å². The fourth-order valence-electron chi connectivity index (χ4n) is 12.3. The summed E-state index contributed by atoms with van der Waals surface area (Å²) in [5, 5.41) is 0. The largest absolute Gasteiger partial charge is 0.457 e. The molecule has 0 aliphatic heterocycles. The lowest BCUT2D eigenvalue weighted by Crippen LogP contribution is -2.19. The van der Waals surface area contributed by atoms with Gasteiger partial charge in [-0.15, -0.1) is 0 Å². The van der Waals surface area contributed by atoms with Crippen molar-refractivity contribution >= 4 is 34.1 Å². The minimum Gasteiger partial charge on any atom is -0.457 e. The molecule has 0 radical (unpaired) electrons. The topological polar surface area (TPSA) is 24.9 Å². The van der Waals surface area contributed by atoms with E-state index in [1.165, 1.54) is 0 Å². The molecule has 0 aliphatic carbocycles. The molecule has 0 spiro atoms. The average Bonchev–Trinajstić information content (AvgIpc) is 0.775. The number of nitrogens with zero attached hydrogens (tertiary/aromatic N) is 2. The second-order valence-electron chi connectivity index (χ2n) is 24.1. The van der Waals surface area contributed by atoms with E-state index in [-0.39, 0.29) is 5.41 Å². The van der Waals surface area contributed by atoms with Crippen molar-refractivity contribution in [3.63, 3.8) is 0 Å². The number of ether oxygens (including phenoxy) is 2. The van der Waals surface area contributed by atoms with Gasteiger partial charge in [0.15, 0.2) is 0 Å². The van der Waals surface area contributed by atoms with Gasteiger partial charge in [0.25, 0.3) is 0 Å². The van der Waals surface area contributed by atoms with Crippen molar-refractivity contribution in [2.45, 2.75) is 26.2 Å². The van der Waals surface area contributed by atoms with Gasteiger partial charge < -0.3 is 19.3 Å². The van der Waals surface area contributed by atoms with E-state index >= 15 is 0 Å². The molecular weight excluding hydrogens is 1120 g/mol. The number of rotatable bonds is 17. The molecule has 4 heteroatoms. The molecular formula is C88H68N2O2. The molecule has 0 aromatic heterocycles. The third-order valence-corrected chi connectivity index (χ3v) is 16.9. The van der Waals surface area contributed by atoms with Gasteiger partial charge in [-0.2, -0.15) is 0 Å². The van der Waals surface area contributed by atoms with Gasteiger partial charge in [-0.05, 0) is 121 Å². The molecule has 0 N–H and O–H groups in total. The number of anilines is 6. The predicted molar refractivity (Wildman–Crippen MR) is 386 cm³/mol. The Labute approximate surface area is 540 Å². The van der Waals surface area contributed by atoms with Crippen LogP contribution in [0.3, 0.4) is 0 Å². The lowest BCUT2D eigenvalue weighted by molar-refractivity contribution is 0.460. The molecule has 0 fully saturated rings. The maximum atomic E-state index is 7.12. The van der Waals surface area contributed by atoms with Crippen molar-refractivity contribution < 1.29 is 9.47 Å². The first-order valence-corrected chi connectivity index (χ1v) is 31.4. The van der Waals surface area contributed by atoms with E-state index in [1.807, 2.05) is 42.5 Å². The fourth-order valence-corrected chi connectivity index (χ4v) is 12.3. The second-order valence-corrected chi connectivity index (χ2v) is 24.1. The van der Waals surface area contributed by atoms with Crippen LogP contribution in [0.1, 0.15) is 26.3 Å². The van der Waals surface area contributed by atoms with E-state index in [2.05, 4.69) is 346 Å². The van der Waals surface area contributed by atoms with Crippen molar-refractivity contribution in [1.29, 1.82) is 0 Å². The summed E-state index contributed by atoms with van der Waals surface area (Å²) in [6.45, 7) is 6.94. The first-order chi connectivity index (χ1) is 45.2. The van der Waals surface area contributed by atoms with Gasteiger partial charge in [0.05, 0.1) is 17.1 Å². The van der Waals surface area contributed by atoms with Crippen LogP contribution in [0.15, 0.2) is 358 Å². The Morgan fingerprint density at radius 2 is 0.489 bits per heavy atom. The van der Waals surface area contributed by atoms with Crippen LogP contribution in [0, 0.1) is 0 Å². The molecule has 92 heavy (non-hydrogen) atoms. The van der Waals surface area contributed by atoms with Crippen molar-refractivity contribution in [3.8, 4) is 101 Å². The summed E-state index contributed by atoms with van der Waals surface area (Å²) in [4.78, 5) is 4.95. The van der Waals surface area contributed by atoms with Crippen LogP contribution in [0.5, 0.6) is 23.0 Å². The third kappa shape index (κ3) is 12.6. The number of para-hydroxylation sites is 2. The highest BCUT2D eigenvalue weighted by atomic mass is 16.5. The zero-order valence-electron chi connectivity index (χ0n) is 51.8. The molecule has 0 atom stereocenters. The van der Waals surface area contributed by atoms with Crippen LogP contribution in [0.4, 0.5) is 34.1 Å². The molecule has 0 amide bonds. The molecule has 0 unspecified atom stereocenters. The Balaban J connectivity index is 1.06. The smallest absolute Gasteiger partial charge is 0.133 e. The van der Waals surface area contributed by atoms with Crippen LogP contribution < -0.4 is 19.3 Å². The monoisotopic (exact) mass is 1180 g/mol. The summed E-state index contributed by atoms with van der Waals surface area (Å²) in [5.41, 5.74) is 21.9. The molecule has 0 bridgehead atoms. The Morgan fingerprint density at radius 3 is 0.837 bits per heavy atom. The van der Waals surface area contributed by atoms with Crippen LogP contribution in [0.25, 0.3) is 77.9 Å².